The normalized spacial score (nSPS) is 11.6. The van der Waals surface area contributed by atoms with E-state index in [1.807, 2.05) is 12.1 Å². The van der Waals surface area contributed by atoms with Gasteiger partial charge in [-0.3, -0.25) is 10.1 Å². The first-order valence-corrected chi connectivity index (χ1v) is 6.45. The lowest BCUT2D eigenvalue weighted by Crippen LogP contribution is -2.46. The van der Waals surface area contributed by atoms with Gasteiger partial charge in [-0.25, -0.2) is 4.98 Å². The van der Waals surface area contributed by atoms with E-state index >= 15 is 0 Å². The fourth-order valence-corrected chi connectivity index (χ4v) is 1.64. The number of aliphatic carboxylic acids is 1. The van der Waals surface area contributed by atoms with Crippen LogP contribution in [0.4, 0.5) is 0 Å². The predicted octanol–water partition coefficient (Wildman–Crippen LogP) is 2.95. The van der Waals surface area contributed by atoms with Crippen molar-refractivity contribution in [2.75, 3.05) is 0 Å². The van der Waals surface area contributed by atoms with Crippen LogP contribution in [-0.4, -0.2) is 21.6 Å². The lowest BCUT2D eigenvalue weighted by atomic mass is 10.1. The highest BCUT2D eigenvalue weighted by molar-refractivity contribution is 6.30. The van der Waals surface area contributed by atoms with E-state index in [9.17, 15) is 4.79 Å². The number of hydrogen-bond acceptors (Lipinski definition) is 4. The van der Waals surface area contributed by atoms with Crippen LogP contribution in [0.3, 0.4) is 0 Å². The molecule has 2 N–H and O–H groups in total. The Morgan fingerprint density at radius 3 is 2.65 bits per heavy atom. The van der Waals surface area contributed by atoms with Crippen LogP contribution in [0.5, 0.6) is 0 Å². The Morgan fingerprint density at radius 1 is 1.40 bits per heavy atom. The highest BCUT2D eigenvalue weighted by atomic mass is 35.5. The van der Waals surface area contributed by atoms with Gasteiger partial charge in [0.05, 0.1) is 12.7 Å². The summed E-state index contributed by atoms with van der Waals surface area (Å²) in [6.45, 7) is 3.41. The summed E-state index contributed by atoms with van der Waals surface area (Å²) >= 11 is 5.82. The number of carbonyl (C=O) groups is 1. The standard InChI is InChI=1S/C14H15ClN2O3/c1-14(2,13(18)19)17-8-12-16-7-11(20-12)9-3-5-10(15)6-4-9/h3-7,17H,8H2,1-2H3,(H,18,19). The first kappa shape index (κ1) is 14.6. The Hall–Kier alpha value is -1.85. The molecule has 2 aromatic rings. The summed E-state index contributed by atoms with van der Waals surface area (Å²) in [6, 6.07) is 7.21. The second-order valence-electron chi connectivity index (χ2n) is 4.91. The Kier molecular flexibility index (Phi) is 4.11. The van der Waals surface area contributed by atoms with Crippen LogP contribution in [0.2, 0.25) is 5.02 Å². The highest BCUT2D eigenvalue weighted by Crippen LogP contribution is 2.22. The summed E-state index contributed by atoms with van der Waals surface area (Å²) in [5.41, 5.74) is -0.166. The average molecular weight is 295 g/mol. The van der Waals surface area contributed by atoms with Crippen molar-refractivity contribution in [3.63, 3.8) is 0 Å². The molecule has 6 heteroatoms. The van der Waals surface area contributed by atoms with Gasteiger partial charge in [0.25, 0.3) is 0 Å². The molecule has 0 amide bonds. The molecular weight excluding hydrogens is 280 g/mol. The minimum atomic E-state index is -1.03. The number of oxazole rings is 1. The molecule has 0 aliphatic rings. The fraction of sp³-hybridized carbons (Fsp3) is 0.286. The number of benzene rings is 1. The van der Waals surface area contributed by atoms with Gasteiger partial charge in [-0.2, -0.15) is 0 Å². The molecule has 1 heterocycles. The van der Waals surface area contributed by atoms with Gasteiger partial charge in [-0.05, 0) is 38.1 Å². The van der Waals surface area contributed by atoms with E-state index in [1.54, 1.807) is 32.2 Å². The lowest BCUT2D eigenvalue weighted by molar-refractivity contribution is -0.143. The zero-order chi connectivity index (χ0) is 14.8. The monoisotopic (exact) mass is 294 g/mol. The van der Waals surface area contributed by atoms with E-state index in [1.165, 1.54) is 0 Å². The van der Waals surface area contributed by atoms with E-state index in [-0.39, 0.29) is 6.54 Å². The molecule has 0 aliphatic heterocycles. The van der Waals surface area contributed by atoms with Crippen molar-refractivity contribution in [2.24, 2.45) is 0 Å². The van der Waals surface area contributed by atoms with Crippen LogP contribution >= 0.6 is 11.6 Å². The summed E-state index contributed by atoms with van der Waals surface area (Å²) in [4.78, 5) is 15.1. The topological polar surface area (TPSA) is 75.4 Å². The van der Waals surface area contributed by atoms with E-state index in [0.717, 1.165) is 5.56 Å². The Bertz CT molecular complexity index is 605. The highest BCUT2D eigenvalue weighted by Gasteiger charge is 2.26. The van der Waals surface area contributed by atoms with Crippen LogP contribution in [0.15, 0.2) is 34.9 Å². The molecule has 106 valence electrons. The van der Waals surface area contributed by atoms with Crippen molar-refractivity contribution >= 4 is 17.6 Å². The number of nitrogens with one attached hydrogen (secondary N) is 1. The molecule has 1 aromatic carbocycles. The molecule has 0 aliphatic carbocycles. The maximum Gasteiger partial charge on any atom is 0.323 e. The third-order valence-electron chi connectivity index (χ3n) is 2.90. The van der Waals surface area contributed by atoms with Crippen LogP contribution in [-0.2, 0) is 11.3 Å². The molecule has 5 nitrogen and oxygen atoms in total. The minimum Gasteiger partial charge on any atom is -0.480 e. The Morgan fingerprint density at radius 2 is 2.05 bits per heavy atom. The largest absolute Gasteiger partial charge is 0.480 e. The van der Waals surface area contributed by atoms with Gasteiger partial charge in [0.1, 0.15) is 5.54 Å². The molecule has 1 aromatic heterocycles. The van der Waals surface area contributed by atoms with Crippen molar-refractivity contribution in [3.05, 3.63) is 41.4 Å². The van der Waals surface area contributed by atoms with Crippen LogP contribution in [0, 0.1) is 0 Å². The average Bonchev–Trinajstić information content (AvgIpc) is 2.86. The van der Waals surface area contributed by atoms with E-state index in [2.05, 4.69) is 10.3 Å². The summed E-state index contributed by atoms with van der Waals surface area (Å²) in [5.74, 6) is 0.123. The minimum absolute atomic E-state index is 0.243. The summed E-state index contributed by atoms with van der Waals surface area (Å²) in [7, 11) is 0. The van der Waals surface area contributed by atoms with Crippen LogP contribution in [0.25, 0.3) is 11.3 Å². The zero-order valence-electron chi connectivity index (χ0n) is 11.2. The smallest absolute Gasteiger partial charge is 0.323 e. The lowest BCUT2D eigenvalue weighted by Gasteiger charge is -2.19. The molecule has 20 heavy (non-hydrogen) atoms. The zero-order valence-corrected chi connectivity index (χ0v) is 11.9. The second-order valence-corrected chi connectivity index (χ2v) is 5.35. The number of carboxylic acids is 1. The molecule has 0 bridgehead atoms. The van der Waals surface area contributed by atoms with Crippen molar-refractivity contribution in [1.29, 1.82) is 0 Å². The number of nitrogens with zero attached hydrogens (tertiary/aromatic N) is 1. The molecule has 0 unspecified atom stereocenters. The number of halogens is 1. The van der Waals surface area contributed by atoms with Crippen LogP contribution in [0.1, 0.15) is 19.7 Å². The fourth-order valence-electron chi connectivity index (χ4n) is 1.51. The van der Waals surface area contributed by atoms with E-state index in [4.69, 9.17) is 21.1 Å². The van der Waals surface area contributed by atoms with Gasteiger partial charge in [0.2, 0.25) is 5.89 Å². The van der Waals surface area contributed by atoms with E-state index in [0.29, 0.717) is 16.7 Å². The third-order valence-corrected chi connectivity index (χ3v) is 3.15. The summed E-state index contributed by atoms with van der Waals surface area (Å²) in [5, 5.41) is 12.5. The van der Waals surface area contributed by atoms with Crippen molar-refractivity contribution in [2.45, 2.75) is 25.9 Å². The number of aromatic nitrogens is 1. The second kappa shape index (κ2) is 5.64. The summed E-state index contributed by atoms with van der Waals surface area (Å²) < 4.78 is 5.58. The SMILES string of the molecule is CC(C)(NCc1ncc(-c2ccc(Cl)cc2)o1)C(=O)O. The van der Waals surface area contributed by atoms with Gasteiger partial charge < -0.3 is 9.52 Å². The molecule has 0 radical (unpaired) electrons. The first-order valence-electron chi connectivity index (χ1n) is 6.07. The molecule has 0 saturated carbocycles. The van der Waals surface area contributed by atoms with Gasteiger partial charge >= 0.3 is 5.97 Å². The first-order chi connectivity index (χ1) is 9.38. The van der Waals surface area contributed by atoms with Gasteiger partial charge in [-0.1, -0.05) is 11.6 Å². The quantitative estimate of drug-likeness (QED) is 0.887. The number of carboxylic acid groups (broad SMARTS) is 1. The maximum absolute atomic E-state index is 11.0. The maximum atomic E-state index is 11.0. The Balaban J connectivity index is 2.06. The molecule has 2 rings (SSSR count). The van der Waals surface area contributed by atoms with Crippen molar-refractivity contribution in [1.82, 2.24) is 10.3 Å². The molecule has 0 spiro atoms. The van der Waals surface area contributed by atoms with Crippen LogP contribution < -0.4 is 5.32 Å². The number of rotatable bonds is 5. The molecule has 0 atom stereocenters. The molecule has 0 saturated heterocycles. The van der Waals surface area contributed by atoms with Crippen molar-refractivity contribution in [3.8, 4) is 11.3 Å². The molecule has 0 fully saturated rings. The van der Waals surface area contributed by atoms with Crippen molar-refractivity contribution < 1.29 is 14.3 Å². The molecular formula is C14H15ClN2O3. The van der Waals surface area contributed by atoms with E-state index < -0.39 is 11.5 Å². The van der Waals surface area contributed by atoms with Gasteiger partial charge in [0, 0.05) is 10.6 Å². The predicted molar refractivity (Wildman–Crippen MR) is 75.5 cm³/mol. The van der Waals surface area contributed by atoms with Gasteiger partial charge in [0.15, 0.2) is 5.76 Å². The summed E-state index contributed by atoms with van der Waals surface area (Å²) in [6.07, 6.45) is 1.61. The third kappa shape index (κ3) is 3.37. The Labute approximate surface area is 121 Å². The van der Waals surface area contributed by atoms with Gasteiger partial charge in [-0.15, -0.1) is 0 Å². The number of hydrogen-bond donors (Lipinski definition) is 2.